The van der Waals surface area contributed by atoms with E-state index in [0.717, 1.165) is 11.1 Å². The van der Waals surface area contributed by atoms with E-state index in [1.54, 1.807) is 18.2 Å². The SMILES string of the molecule is CC(C)(C)NC(=O)[C@@H](Cc1ccccc1)N(Cc1c(Cl)cccc1Cl)C(=O)COc1ccccc1C(C)(C)C. The lowest BCUT2D eigenvalue weighted by molar-refractivity contribution is -0.143. The summed E-state index contributed by atoms with van der Waals surface area (Å²) in [6.45, 7) is 11.8. The Hall–Kier alpha value is -3.02. The van der Waals surface area contributed by atoms with Crippen molar-refractivity contribution in [3.63, 3.8) is 0 Å². The third-order valence-corrected chi connectivity index (χ3v) is 6.91. The zero-order valence-corrected chi connectivity index (χ0v) is 25.1. The number of hydrogen-bond donors (Lipinski definition) is 1. The zero-order chi connectivity index (χ0) is 28.8. The average Bonchev–Trinajstić information content (AvgIpc) is 2.85. The van der Waals surface area contributed by atoms with Crippen molar-refractivity contribution >= 4 is 35.0 Å². The van der Waals surface area contributed by atoms with Gasteiger partial charge in [-0.1, -0.05) is 98.6 Å². The molecule has 0 saturated heterocycles. The largest absolute Gasteiger partial charge is 0.483 e. The van der Waals surface area contributed by atoms with Crippen LogP contribution in [0.5, 0.6) is 5.75 Å². The number of carbonyl (C=O) groups is 2. The summed E-state index contributed by atoms with van der Waals surface area (Å²) in [6, 6.07) is 21.7. The van der Waals surface area contributed by atoms with Gasteiger partial charge in [0.15, 0.2) is 6.61 Å². The number of nitrogens with zero attached hydrogens (tertiary/aromatic N) is 1. The second-order valence-corrected chi connectivity index (χ2v) is 12.5. The fourth-order valence-electron chi connectivity index (χ4n) is 4.30. The topological polar surface area (TPSA) is 58.6 Å². The third-order valence-electron chi connectivity index (χ3n) is 6.21. The maximum atomic E-state index is 13.9. The van der Waals surface area contributed by atoms with Gasteiger partial charge >= 0.3 is 0 Å². The summed E-state index contributed by atoms with van der Waals surface area (Å²) in [5.74, 6) is 0.0190. The van der Waals surface area contributed by atoms with Crippen LogP contribution in [0.15, 0.2) is 72.8 Å². The molecule has 0 aliphatic heterocycles. The predicted octanol–water partition coefficient (Wildman–Crippen LogP) is 7.22. The molecule has 0 radical (unpaired) electrons. The van der Waals surface area contributed by atoms with E-state index in [2.05, 4.69) is 26.1 Å². The number of carbonyl (C=O) groups excluding carboxylic acids is 2. The molecular formula is C32H38Cl2N2O3. The van der Waals surface area contributed by atoms with E-state index in [9.17, 15) is 9.59 Å². The van der Waals surface area contributed by atoms with Crippen LogP contribution in [-0.2, 0) is 28.0 Å². The Balaban J connectivity index is 2.01. The number of amides is 2. The molecule has 0 heterocycles. The van der Waals surface area contributed by atoms with Gasteiger partial charge < -0.3 is 15.0 Å². The number of rotatable bonds is 9. The zero-order valence-electron chi connectivity index (χ0n) is 23.6. The summed E-state index contributed by atoms with van der Waals surface area (Å²) in [4.78, 5) is 29.2. The molecule has 0 fully saturated rings. The standard InChI is InChI=1S/C32H38Cl2N2O3/c1-31(2,3)24-15-10-11-18-28(24)39-21-29(37)36(20-23-25(33)16-12-17-26(23)34)27(30(38)35-32(4,5)6)19-22-13-8-7-9-14-22/h7-18,27H,19-21H2,1-6H3,(H,35,38)/t27-/m1/s1. The number of nitrogens with one attached hydrogen (secondary N) is 1. The van der Waals surface area contributed by atoms with Crippen molar-refractivity contribution in [1.29, 1.82) is 0 Å². The van der Waals surface area contributed by atoms with Crippen molar-refractivity contribution in [3.05, 3.63) is 99.5 Å². The maximum absolute atomic E-state index is 13.9. The van der Waals surface area contributed by atoms with Gasteiger partial charge in [-0.3, -0.25) is 9.59 Å². The van der Waals surface area contributed by atoms with Crippen LogP contribution in [0.1, 0.15) is 58.2 Å². The van der Waals surface area contributed by atoms with Crippen LogP contribution in [-0.4, -0.2) is 34.9 Å². The van der Waals surface area contributed by atoms with Crippen LogP contribution >= 0.6 is 23.2 Å². The monoisotopic (exact) mass is 568 g/mol. The number of para-hydroxylation sites is 1. The summed E-state index contributed by atoms with van der Waals surface area (Å²) in [6.07, 6.45) is 0.315. The summed E-state index contributed by atoms with van der Waals surface area (Å²) in [5, 5.41) is 3.90. The molecule has 0 spiro atoms. The van der Waals surface area contributed by atoms with Gasteiger partial charge in [0.25, 0.3) is 5.91 Å². The minimum atomic E-state index is -0.826. The van der Waals surface area contributed by atoms with Crippen molar-refractivity contribution in [1.82, 2.24) is 10.2 Å². The first-order valence-corrected chi connectivity index (χ1v) is 13.8. The minimum Gasteiger partial charge on any atom is -0.483 e. The van der Waals surface area contributed by atoms with E-state index < -0.39 is 11.6 Å². The lowest BCUT2D eigenvalue weighted by Gasteiger charge is -2.34. The van der Waals surface area contributed by atoms with E-state index in [-0.39, 0.29) is 30.4 Å². The van der Waals surface area contributed by atoms with E-state index in [0.29, 0.717) is 27.8 Å². The van der Waals surface area contributed by atoms with E-state index >= 15 is 0 Å². The van der Waals surface area contributed by atoms with Crippen molar-refractivity contribution in [3.8, 4) is 5.75 Å². The van der Waals surface area contributed by atoms with Gasteiger partial charge in [0.05, 0.1) is 0 Å². The maximum Gasteiger partial charge on any atom is 0.261 e. The molecule has 2 amide bonds. The molecule has 0 bridgehead atoms. The highest BCUT2D eigenvalue weighted by molar-refractivity contribution is 6.36. The summed E-state index contributed by atoms with van der Waals surface area (Å²) >= 11 is 13.0. The fraction of sp³-hybridized carbons (Fsp3) is 0.375. The Kier molecular flexibility index (Phi) is 10.1. The lowest BCUT2D eigenvalue weighted by Crippen LogP contribution is -2.55. The molecule has 0 aliphatic rings. The molecule has 3 rings (SSSR count). The van der Waals surface area contributed by atoms with E-state index in [1.165, 1.54) is 4.90 Å². The fourth-order valence-corrected chi connectivity index (χ4v) is 4.81. The van der Waals surface area contributed by atoms with Crippen LogP contribution in [0, 0.1) is 0 Å². The van der Waals surface area contributed by atoms with Crippen LogP contribution in [0.4, 0.5) is 0 Å². The second-order valence-electron chi connectivity index (χ2n) is 11.7. The molecule has 1 N–H and O–H groups in total. The molecule has 39 heavy (non-hydrogen) atoms. The quantitative estimate of drug-likeness (QED) is 0.296. The molecular weight excluding hydrogens is 531 g/mol. The Morgan fingerprint density at radius 3 is 2.03 bits per heavy atom. The number of hydrogen-bond acceptors (Lipinski definition) is 3. The van der Waals surface area contributed by atoms with E-state index in [1.807, 2.05) is 75.4 Å². The Labute approximate surface area is 242 Å². The molecule has 208 valence electrons. The van der Waals surface area contributed by atoms with Gasteiger partial charge in [-0.2, -0.15) is 0 Å². The Bertz CT molecular complexity index is 1260. The van der Waals surface area contributed by atoms with Gasteiger partial charge in [0, 0.05) is 34.1 Å². The number of halogens is 2. The highest BCUT2D eigenvalue weighted by Crippen LogP contribution is 2.31. The van der Waals surface area contributed by atoms with Crippen LogP contribution in [0.2, 0.25) is 10.0 Å². The molecule has 0 saturated carbocycles. The molecule has 1 atom stereocenters. The first kappa shape index (κ1) is 30.5. The first-order valence-electron chi connectivity index (χ1n) is 13.1. The Morgan fingerprint density at radius 1 is 0.846 bits per heavy atom. The van der Waals surface area contributed by atoms with E-state index in [4.69, 9.17) is 27.9 Å². The van der Waals surface area contributed by atoms with Crippen molar-refractivity contribution in [2.75, 3.05) is 6.61 Å². The normalized spacial score (nSPS) is 12.5. The Morgan fingerprint density at radius 2 is 1.44 bits per heavy atom. The van der Waals surface area contributed by atoms with Crippen LogP contribution < -0.4 is 10.1 Å². The molecule has 3 aromatic rings. The van der Waals surface area contributed by atoms with Crippen LogP contribution in [0.3, 0.4) is 0 Å². The summed E-state index contributed by atoms with van der Waals surface area (Å²) in [5.41, 5.74) is 1.82. The van der Waals surface area contributed by atoms with Gasteiger partial charge in [0.2, 0.25) is 5.91 Å². The van der Waals surface area contributed by atoms with Crippen molar-refractivity contribution < 1.29 is 14.3 Å². The first-order chi connectivity index (χ1) is 18.3. The summed E-state index contributed by atoms with van der Waals surface area (Å²) in [7, 11) is 0. The second kappa shape index (κ2) is 12.9. The van der Waals surface area contributed by atoms with Crippen LogP contribution in [0.25, 0.3) is 0 Å². The summed E-state index contributed by atoms with van der Waals surface area (Å²) < 4.78 is 6.10. The third kappa shape index (κ3) is 8.74. The smallest absolute Gasteiger partial charge is 0.261 e. The lowest BCUT2D eigenvalue weighted by atomic mass is 9.86. The minimum absolute atomic E-state index is 0.0523. The highest BCUT2D eigenvalue weighted by atomic mass is 35.5. The van der Waals surface area contributed by atoms with Gasteiger partial charge in [-0.25, -0.2) is 0 Å². The molecule has 0 aliphatic carbocycles. The molecule has 7 heteroatoms. The van der Waals surface area contributed by atoms with Crippen molar-refractivity contribution in [2.24, 2.45) is 0 Å². The van der Waals surface area contributed by atoms with Gasteiger partial charge in [-0.05, 0) is 55.5 Å². The highest BCUT2D eigenvalue weighted by Gasteiger charge is 2.33. The number of ether oxygens (including phenoxy) is 1. The molecule has 0 aromatic heterocycles. The molecule has 3 aromatic carbocycles. The molecule has 0 unspecified atom stereocenters. The van der Waals surface area contributed by atoms with Gasteiger partial charge in [0.1, 0.15) is 11.8 Å². The average molecular weight is 570 g/mol. The van der Waals surface area contributed by atoms with Gasteiger partial charge in [-0.15, -0.1) is 0 Å². The number of benzene rings is 3. The predicted molar refractivity (Wildman–Crippen MR) is 159 cm³/mol. The van der Waals surface area contributed by atoms with Crippen molar-refractivity contribution in [2.45, 2.75) is 71.5 Å². The molecule has 5 nitrogen and oxygen atoms in total.